The summed E-state index contributed by atoms with van der Waals surface area (Å²) in [7, 11) is 1.47. The Labute approximate surface area is 249 Å². The molecule has 1 unspecified atom stereocenters. The summed E-state index contributed by atoms with van der Waals surface area (Å²) in [4.78, 5) is 32.8. The van der Waals surface area contributed by atoms with E-state index in [9.17, 15) is 4.79 Å². The van der Waals surface area contributed by atoms with Gasteiger partial charge in [0.2, 0.25) is 5.91 Å². The van der Waals surface area contributed by atoms with Crippen LogP contribution in [0.15, 0.2) is 36.5 Å². The predicted molar refractivity (Wildman–Crippen MR) is 159 cm³/mol. The van der Waals surface area contributed by atoms with Crippen molar-refractivity contribution in [3.8, 4) is 17.3 Å². The number of ether oxygens (including phenoxy) is 2. The van der Waals surface area contributed by atoms with Gasteiger partial charge in [-0.15, -0.1) is 0 Å². The van der Waals surface area contributed by atoms with Crippen LogP contribution in [-0.4, -0.2) is 95.8 Å². The highest BCUT2D eigenvalue weighted by molar-refractivity contribution is 6.32. The number of nitrogens with zero attached hydrogens (tertiary/aromatic N) is 6. The minimum Gasteiger partial charge on any atom is -0.467 e. The molecule has 5 heterocycles. The van der Waals surface area contributed by atoms with Gasteiger partial charge in [0.25, 0.3) is 0 Å². The number of fused-ring (bicyclic) bond motifs is 3. The van der Waals surface area contributed by atoms with Crippen molar-refractivity contribution in [1.82, 2.24) is 24.8 Å². The smallest absolute Gasteiger partial charge is 0.318 e. The molecule has 42 heavy (non-hydrogen) atoms. The number of anilines is 1. The minimum absolute atomic E-state index is 0.00530. The number of pyridine rings is 1. The van der Waals surface area contributed by atoms with Crippen LogP contribution in [0.1, 0.15) is 37.2 Å². The number of hydrogen-bond acceptors (Lipinski definition) is 8. The Bertz CT molecular complexity index is 1520. The van der Waals surface area contributed by atoms with Crippen LogP contribution in [0.4, 0.5) is 10.2 Å². The van der Waals surface area contributed by atoms with Gasteiger partial charge in [-0.25, -0.2) is 4.39 Å². The number of morpholine rings is 1. The third kappa shape index (κ3) is 5.09. The van der Waals surface area contributed by atoms with Gasteiger partial charge in [-0.2, -0.15) is 9.97 Å². The van der Waals surface area contributed by atoms with Gasteiger partial charge in [-0.1, -0.05) is 29.8 Å². The van der Waals surface area contributed by atoms with E-state index in [1.54, 1.807) is 12.3 Å². The number of methoxy groups -OCH3 is 1. The van der Waals surface area contributed by atoms with Crippen molar-refractivity contribution in [3.63, 3.8) is 0 Å². The van der Waals surface area contributed by atoms with Crippen LogP contribution in [0.2, 0.25) is 5.02 Å². The highest BCUT2D eigenvalue weighted by Gasteiger charge is 2.36. The molecule has 0 N–H and O–H groups in total. The quantitative estimate of drug-likeness (QED) is 0.373. The Kier molecular flexibility index (Phi) is 7.46. The number of piperazine rings is 1. The maximum atomic E-state index is 16.1. The number of carbonyl (C=O) groups is 1. The fraction of sp³-hybridized carbons (Fsp3) is 0.484. The number of amides is 1. The van der Waals surface area contributed by atoms with E-state index in [4.69, 9.17) is 21.1 Å². The number of aromatic nitrogens is 3. The predicted octanol–water partition coefficient (Wildman–Crippen LogP) is 4.44. The number of hydrogen-bond donors (Lipinski definition) is 0. The lowest BCUT2D eigenvalue weighted by Crippen LogP contribution is -2.49. The van der Waals surface area contributed by atoms with Gasteiger partial charge in [-0.3, -0.25) is 14.7 Å². The standard InChI is InChI=1S/C31H34ClFN6O3/c1-41-31-35-29-23(16-34-28(27(29)33)22-4-2-5-24(32)26(22)19-7-8-19)30(36-31)38-14-12-37(13-15-38)25(40)6-3-11-39-20-9-10-21(39)18-42-17-20/h2-6,16,19-21H,7-15,17-18H2,1H3/b6-3+/t20-,21?/m1/s1. The molecule has 2 atom stereocenters. The summed E-state index contributed by atoms with van der Waals surface area (Å²) < 4.78 is 27.2. The van der Waals surface area contributed by atoms with Crippen molar-refractivity contribution >= 4 is 34.2 Å². The Hall–Kier alpha value is -3.34. The van der Waals surface area contributed by atoms with Gasteiger partial charge < -0.3 is 19.3 Å². The van der Waals surface area contributed by atoms with Crippen LogP contribution < -0.4 is 9.64 Å². The Morgan fingerprint density at radius 2 is 1.88 bits per heavy atom. The van der Waals surface area contributed by atoms with E-state index >= 15 is 4.39 Å². The van der Waals surface area contributed by atoms with Crippen LogP contribution in [0.25, 0.3) is 22.2 Å². The van der Waals surface area contributed by atoms with E-state index < -0.39 is 5.82 Å². The molecule has 9 nitrogen and oxygen atoms in total. The largest absolute Gasteiger partial charge is 0.467 e. The Balaban J connectivity index is 1.09. The summed E-state index contributed by atoms with van der Waals surface area (Å²) in [5, 5.41) is 1.14. The van der Waals surface area contributed by atoms with E-state index in [0.717, 1.165) is 38.2 Å². The van der Waals surface area contributed by atoms with Crippen molar-refractivity contribution in [3.05, 3.63) is 53.0 Å². The highest BCUT2D eigenvalue weighted by Crippen LogP contribution is 2.48. The summed E-state index contributed by atoms with van der Waals surface area (Å²) in [5.41, 5.74) is 2.02. The van der Waals surface area contributed by atoms with Gasteiger partial charge >= 0.3 is 6.01 Å². The zero-order valence-corrected chi connectivity index (χ0v) is 24.4. The van der Waals surface area contributed by atoms with Gasteiger partial charge in [0.05, 0.1) is 25.7 Å². The number of benzene rings is 1. The summed E-state index contributed by atoms with van der Waals surface area (Å²) in [5.74, 6) is 0.357. The molecule has 11 heteroatoms. The fourth-order valence-electron chi connectivity index (χ4n) is 6.60. The first kappa shape index (κ1) is 27.5. The van der Waals surface area contributed by atoms with Crippen molar-refractivity contribution in [2.45, 2.75) is 43.7 Å². The molecule has 3 saturated heterocycles. The van der Waals surface area contributed by atoms with Crippen molar-refractivity contribution < 1.29 is 18.7 Å². The van der Waals surface area contributed by atoms with E-state index in [2.05, 4.69) is 19.9 Å². The van der Waals surface area contributed by atoms with Crippen molar-refractivity contribution in [2.24, 2.45) is 0 Å². The Morgan fingerprint density at radius 3 is 2.60 bits per heavy atom. The number of rotatable bonds is 7. The summed E-state index contributed by atoms with van der Waals surface area (Å²) in [6.07, 6.45) is 9.71. The molecule has 2 aromatic heterocycles. The van der Waals surface area contributed by atoms with E-state index in [1.807, 2.05) is 34.1 Å². The van der Waals surface area contributed by atoms with Crippen LogP contribution in [0.5, 0.6) is 6.01 Å². The number of halogens is 2. The summed E-state index contributed by atoms with van der Waals surface area (Å²) in [6.45, 7) is 4.49. The van der Waals surface area contributed by atoms with Crippen LogP contribution >= 0.6 is 11.6 Å². The molecule has 1 saturated carbocycles. The zero-order valence-electron chi connectivity index (χ0n) is 23.6. The first-order valence-electron chi connectivity index (χ1n) is 14.7. The fourth-order valence-corrected chi connectivity index (χ4v) is 6.93. The third-order valence-electron chi connectivity index (χ3n) is 8.98. The maximum Gasteiger partial charge on any atom is 0.318 e. The molecule has 0 spiro atoms. The maximum absolute atomic E-state index is 16.1. The molecule has 1 aliphatic carbocycles. The zero-order chi connectivity index (χ0) is 28.8. The molecule has 4 fully saturated rings. The summed E-state index contributed by atoms with van der Waals surface area (Å²) >= 11 is 6.53. The number of carbonyl (C=O) groups excluding carboxylic acids is 1. The first-order valence-corrected chi connectivity index (χ1v) is 15.1. The van der Waals surface area contributed by atoms with Crippen molar-refractivity contribution in [2.75, 3.05) is 57.9 Å². The third-order valence-corrected chi connectivity index (χ3v) is 9.31. The van der Waals surface area contributed by atoms with Gasteiger partial charge in [0.15, 0.2) is 5.82 Å². The molecule has 1 amide bonds. The van der Waals surface area contributed by atoms with Crippen molar-refractivity contribution in [1.29, 1.82) is 0 Å². The van der Waals surface area contributed by atoms with Gasteiger partial charge in [0.1, 0.15) is 17.0 Å². The molecular formula is C31H34ClFN6O3. The lowest BCUT2D eigenvalue weighted by atomic mass is 9.99. The SMILES string of the molecule is COc1nc(N2CCN(C(=O)/C=C/CN3C4CC[C@@H]3COC4)CC2)c2cnc(-c3cccc(Cl)c3C3CC3)c(F)c2n1. The Morgan fingerprint density at radius 1 is 1.12 bits per heavy atom. The molecule has 4 aliphatic rings. The minimum atomic E-state index is -0.522. The second-order valence-corrected chi connectivity index (χ2v) is 11.9. The monoisotopic (exact) mass is 592 g/mol. The molecule has 3 aliphatic heterocycles. The van der Waals surface area contributed by atoms with E-state index in [0.29, 0.717) is 66.0 Å². The van der Waals surface area contributed by atoms with E-state index in [1.165, 1.54) is 20.0 Å². The molecule has 220 valence electrons. The van der Waals surface area contributed by atoms with Crippen LogP contribution in [0, 0.1) is 5.82 Å². The van der Waals surface area contributed by atoms with Crippen LogP contribution in [0.3, 0.4) is 0 Å². The lowest BCUT2D eigenvalue weighted by Gasteiger charge is -2.35. The topological polar surface area (TPSA) is 83.9 Å². The van der Waals surface area contributed by atoms with Gasteiger partial charge in [-0.05, 0) is 43.2 Å². The molecule has 2 bridgehead atoms. The highest BCUT2D eigenvalue weighted by atomic mass is 35.5. The molecule has 0 radical (unpaired) electrons. The molecule has 3 aromatic rings. The normalized spacial score (nSPS) is 22.8. The van der Waals surface area contributed by atoms with E-state index in [-0.39, 0.29) is 23.1 Å². The second-order valence-electron chi connectivity index (χ2n) is 11.5. The average molecular weight is 593 g/mol. The molecular weight excluding hydrogens is 559 g/mol. The lowest BCUT2D eigenvalue weighted by molar-refractivity contribution is -0.126. The van der Waals surface area contributed by atoms with Gasteiger partial charge in [0, 0.05) is 67.7 Å². The first-order chi connectivity index (χ1) is 20.5. The summed E-state index contributed by atoms with van der Waals surface area (Å²) in [6, 6.07) is 6.55. The average Bonchev–Trinajstić information content (AvgIpc) is 3.82. The molecule has 7 rings (SSSR count). The molecule has 1 aromatic carbocycles. The second kappa shape index (κ2) is 11.4. The van der Waals surface area contributed by atoms with Crippen LogP contribution in [-0.2, 0) is 9.53 Å².